The first kappa shape index (κ1) is 19.9. The summed E-state index contributed by atoms with van der Waals surface area (Å²) in [5.41, 5.74) is 1.81. The first-order chi connectivity index (χ1) is 13.8. The molecule has 0 amide bonds. The normalized spacial score (nSPS) is 11.2. The summed E-state index contributed by atoms with van der Waals surface area (Å²) < 4.78 is 43.3. The molecule has 0 aromatic heterocycles. The molecule has 29 heavy (non-hydrogen) atoms. The Bertz CT molecular complexity index is 1080. The monoisotopic (exact) mass is 393 g/mol. The molecule has 0 saturated carbocycles. The van der Waals surface area contributed by atoms with Crippen LogP contribution in [0.2, 0.25) is 0 Å². The predicted octanol–water partition coefficient (Wildman–Crippen LogP) is 5.86. The zero-order chi connectivity index (χ0) is 20.9. The highest BCUT2D eigenvalue weighted by Gasteiger charge is 2.30. The van der Waals surface area contributed by atoms with E-state index >= 15 is 0 Å². The highest BCUT2D eigenvalue weighted by molar-refractivity contribution is 5.88. The number of alkyl halides is 3. The number of carbonyl (C=O) groups is 1. The zero-order valence-electron chi connectivity index (χ0n) is 15.0. The van der Waals surface area contributed by atoms with Crippen LogP contribution in [0.15, 0.2) is 78.9 Å². The van der Waals surface area contributed by atoms with Gasteiger partial charge in [0.05, 0.1) is 17.2 Å². The zero-order valence-corrected chi connectivity index (χ0v) is 15.0. The molecule has 0 atom stereocenters. The number of hydrogen-bond donors (Lipinski definition) is 0. The Kier molecular flexibility index (Phi) is 5.79. The number of carbonyl (C=O) groups excluding carboxylic acids is 1. The van der Waals surface area contributed by atoms with Crippen molar-refractivity contribution in [3.8, 4) is 22.9 Å². The van der Waals surface area contributed by atoms with E-state index in [9.17, 15) is 18.0 Å². The highest BCUT2D eigenvalue weighted by Crippen LogP contribution is 2.29. The molecule has 3 aromatic carbocycles. The van der Waals surface area contributed by atoms with Crippen LogP contribution in [0.1, 0.15) is 16.7 Å². The predicted molar refractivity (Wildman–Crippen MR) is 103 cm³/mol. The van der Waals surface area contributed by atoms with Crippen molar-refractivity contribution in [3.05, 3.63) is 95.6 Å². The van der Waals surface area contributed by atoms with Crippen LogP contribution in [-0.4, -0.2) is 5.97 Å². The Balaban J connectivity index is 1.65. The van der Waals surface area contributed by atoms with Gasteiger partial charge in [-0.15, -0.1) is 0 Å². The van der Waals surface area contributed by atoms with Gasteiger partial charge in [0, 0.05) is 6.08 Å². The fourth-order valence-electron chi connectivity index (χ4n) is 2.59. The van der Waals surface area contributed by atoms with Crippen molar-refractivity contribution in [2.24, 2.45) is 0 Å². The quantitative estimate of drug-likeness (QED) is 0.317. The first-order valence-electron chi connectivity index (χ1n) is 8.53. The second kappa shape index (κ2) is 8.44. The summed E-state index contributed by atoms with van der Waals surface area (Å²) in [5, 5.41) is 8.83. The van der Waals surface area contributed by atoms with Gasteiger partial charge in [-0.2, -0.15) is 18.4 Å². The summed E-state index contributed by atoms with van der Waals surface area (Å²) in [6.07, 6.45) is -2.10. The average molecular weight is 393 g/mol. The molecular weight excluding hydrogens is 379 g/mol. The van der Waals surface area contributed by atoms with Gasteiger partial charge in [-0.05, 0) is 59.2 Å². The molecule has 3 aromatic rings. The summed E-state index contributed by atoms with van der Waals surface area (Å²) in [6, 6.07) is 20.5. The molecule has 0 fully saturated rings. The van der Waals surface area contributed by atoms with E-state index in [1.54, 1.807) is 36.4 Å². The van der Waals surface area contributed by atoms with Gasteiger partial charge in [0.15, 0.2) is 0 Å². The number of benzene rings is 3. The Labute approximate surface area is 165 Å². The lowest BCUT2D eigenvalue weighted by Gasteiger charge is -2.06. The topological polar surface area (TPSA) is 50.1 Å². The number of halogens is 3. The maximum absolute atomic E-state index is 12.7. The molecule has 0 N–H and O–H groups in total. The van der Waals surface area contributed by atoms with Crippen LogP contribution < -0.4 is 4.74 Å². The molecule has 0 radical (unpaired) electrons. The van der Waals surface area contributed by atoms with Crippen molar-refractivity contribution in [3.63, 3.8) is 0 Å². The number of hydrogen-bond acceptors (Lipinski definition) is 3. The average Bonchev–Trinajstić information content (AvgIpc) is 2.72. The number of ether oxygens (including phenoxy) is 1. The molecule has 0 heterocycles. The van der Waals surface area contributed by atoms with E-state index in [2.05, 4.69) is 6.07 Å². The molecule has 3 rings (SSSR count). The molecule has 6 heteroatoms. The van der Waals surface area contributed by atoms with Crippen molar-refractivity contribution in [1.82, 2.24) is 0 Å². The van der Waals surface area contributed by atoms with Crippen molar-refractivity contribution in [2.45, 2.75) is 6.18 Å². The third-order valence-corrected chi connectivity index (χ3v) is 4.05. The SMILES string of the molecule is N#Cc1ccc(-c2ccc(OC(=O)C=Cc3cccc(C(F)(F)F)c3)cc2)cc1. The van der Waals surface area contributed by atoms with Gasteiger partial charge in [-0.1, -0.05) is 36.4 Å². The minimum Gasteiger partial charge on any atom is -0.423 e. The van der Waals surface area contributed by atoms with Gasteiger partial charge in [0.1, 0.15) is 5.75 Å². The minimum absolute atomic E-state index is 0.243. The van der Waals surface area contributed by atoms with Crippen LogP contribution in [0.5, 0.6) is 5.75 Å². The summed E-state index contributed by atoms with van der Waals surface area (Å²) >= 11 is 0. The van der Waals surface area contributed by atoms with Gasteiger partial charge < -0.3 is 4.74 Å². The third-order valence-electron chi connectivity index (χ3n) is 4.05. The van der Waals surface area contributed by atoms with Gasteiger partial charge >= 0.3 is 12.1 Å². The molecule has 0 unspecified atom stereocenters. The molecule has 3 nitrogen and oxygen atoms in total. The van der Waals surface area contributed by atoms with Crippen LogP contribution >= 0.6 is 0 Å². The number of nitrogens with zero attached hydrogens (tertiary/aromatic N) is 1. The largest absolute Gasteiger partial charge is 0.423 e. The number of rotatable bonds is 4. The molecule has 0 saturated heterocycles. The Morgan fingerprint density at radius 2 is 1.55 bits per heavy atom. The summed E-state index contributed by atoms with van der Waals surface area (Å²) in [4.78, 5) is 11.9. The third kappa shape index (κ3) is 5.33. The summed E-state index contributed by atoms with van der Waals surface area (Å²) in [6.45, 7) is 0. The lowest BCUT2D eigenvalue weighted by Crippen LogP contribution is -2.05. The van der Waals surface area contributed by atoms with Crippen LogP contribution in [0.3, 0.4) is 0 Å². The van der Waals surface area contributed by atoms with Crippen molar-refractivity contribution < 1.29 is 22.7 Å². The fourth-order valence-corrected chi connectivity index (χ4v) is 2.59. The summed E-state index contributed by atoms with van der Waals surface area (Å²) in [5.74, 6) is -0.394. The molecular formula is C23H14F3NO2. The van der Waals surface area contributed by atoms with E-state index in [1.807, 2.05) is 12.1 Å². The van der Waals surface area contributed by atoms with Crippen molar-refractivity contribution in [2.75, 3.05) is 0 Å². The lowest BCUT2D eigenvalue weighted by molar-refractivity contribution is -0.137. The number of esters is 1. The molecule has 0 aliphatic rings. The molecule has 0 aliphatic carbocycles. The molecule has 144 valence electrons. The minimum atomic E-state index is -4.44. The standard InChI is InChI=1S/C23H14F3NO2/c24-23(25,26)20-3-1-2-16(14-20)6-13-22(28)29-21-11-9-19(10-12-21)18-7-4-17(15-27)5-8-18/h1-14H. The van der Waals surface area contributed by atoms with Crippen LogP contribution in [0.4, 0.5) is 13.2 Å². The van der Waals surface area contributed by atoms with E-state index < -0.39 is 17.7 Å². The molecule has 0 aliphatic heterocycles. The van der Waals surface area contributed by atoms with E-state index in [0.717, 1.165) is 29.3 Å². The first-order valence-corrected chi connectivity index (χ1v) is 8.53. The van der Waals surface area contributed by atoms with Crippen LogP contribution in [-0.2, 0) is 11.0 Å². The fraction of sp³-hybridized carbons (Fsp3) is 0.0435. The Morgan fingerprint density at radius 3 is 2.14 bits per heavy atom. The molecule has 0 spiro atoms. The molecule has 0 bridgehead atoms. The van der Waals surface area contributed by atoms with Gasteiger partial charge in [-0.3, -0.25) is 0 Å². The summed E-state index contributed by atoms with van der Waals surface area (Å²) in [7, 11) is 0. The lowest BCUT2D eigenvalue weighted by atomic mass is 10.0. The Hall–Kier alpha value is -3.85. The van der Waals surface area contributed by atoms with E-state index in [4.69, 9.17) is 10.00 Å². The highest BCUT2D eigenvalue weighted by atomic mass is 19.4. The second-order valence-electron chi connectivity index (χ2n) is 6.09. The smallest absolute Gasteiger partial charge is 0.416 e. The van der Waals surface area contributed by atoms with Crippen LogP contribution in [0, 0.1) is 11.3 Å². The van der Waals surface area contributed by atoms with Crippen LogP contribution in [0.25, 0.3) is 17.2 Å². The van der Waals surface area contributed by atoms with E-state index in [-0.39, 0.29) is 5.56 Å². The maximum Gasteiger partial charge on any atom is 0.416 e. The van der Waals surface area contributed by atoms with Gasteiger partial charge in [-0.25, -0.2) is 4.79 Å². The maximum atomic E-state index is 12.7. The van der Waals surface area contributed by atoms with Crippen molar-refractivity contribution in [1.29, 1.82) is 5.26 Å². The van der Waals surface area contributed by atoms with E-state index in [1.165, 1.54) is 18.2 Å². The van der Waals surface area contributed by atoms with Gasteiger partial charge in [0.25, 0.3) is 0 Å². The Morgan fingerprint density at radius 1 is 0.931 bits per heavy atom. The van der Waals surface area contributed by atoms with Gasteiger partial charge in [0.2, 0.25) is 0 Å². The van der Waals surface area contributed by atoms with E-state index in [0.29, 0.717) is 11.3 Å². The number of nitriles is 1. The second-order valence-corrected chi connectivity index (χ2v) is 6.09. The van der Waals surface area contributed by atoms with Crippen molar-refractivity contribution >= 4 is 12.0 Å².